The fourth-order valence-electron chi connectivity index (χ4n) is 3.28. The van der Waals surface area contributed by atoms with Gasteiger partial charge < -0.3 is 19.5 Å². The average Bonchev–Trinajstić information content (AvgIpc) is 2.81. The number of rotatable bonds is 13. The Morgan fingerprint density at radius 2 is 1.53 bits per heavy atom. The Hall–Kier alpha value is -2.57. The number of amides is 1. The van der Waals surface area contributed by atoms with Crippen molar-refractivity contribution in [1.82, 2.24) is 5.32 Å². The first-order chi connectivity index (χ1) is 16.2. The summed E-state index contributed by atoms with van der Waals surface area (Å²) in [7, 11) is 1.31. The first-order valence-corrected chi connectivity index (χ1v) is 12.0. The van der Waals surface area contributed by atoms with Gasteiger partial charge >= 0.3 is 5.97 Å². The third-order valence-electron chi connectivity index (χ3n) is 5.09. The smallest absolute Gasteiger partial charge is 0.328 e. The number of esters is 1. The predicted molar refractivity (Wildman–Crippen MR) is 134 cm³/mol. The molecule has 1 N–H and O–H groups in total. The quantitative estimate of drug-likeness (QED) is 0.391. The molecule has 0 bridgehead atoms. The van der Waals surface area contributed by atoms with Crippen LogP contribution in [0.15, 0.2) is 48.5 Å². The van der Waals surface area contributed by atoms with E-state index in [1.807, 2.05) is 50.2 Å². The maximum absolute atomic E-state index is 13.1. The van der Waals surface area contributed by atoms with Crippen molar-refractivity contribution in [2.45, 2.75) is 59.3 Å². The van der Waals surface area contributed by atoms with E-state index in [9.17, 15) is 9.59 Å². The van der Waals surface area contributed by atoms with Crippen LogP contribution < -0.4 is 10.1 Å². The van der Waals surface area contributed by atoms with Crippen LogP contribution >= 0.6 is 11.6 Å². The Balaban J connectivity index is 2.05. The zero-order chi connectivity index (χ0) is 25.1. The number of carbonyl (C=O) groups is 2. The summed E-state index contributed by atoms with van der Waals surface area (Å²) < 4.78 is 16.6. The zero-order valence-corrected chi connectivity index (χ0v) is 21.4. The molecule has 0 heterocycles. The van der Waals surface area contributed by atoms with Gasteiger partial charge in [0.25, 0.3) is 0 Å². The minimum atomic E-state index is -0.825. The van der Waals surface area contributed by atoms with Crippen molar-refractivity contribution < 1.29 is 23.8 Å². The minimum Gasteiger partial charge on any atom is -0.493 e. The highest BCUT2D eigenvalue weighted by atomic mass is 35.5. The monoisotopic (exact) mass is 489 g/mol. The van der Waals surface area contributed by atoms with Gasteiger partial charge in [0, 0.05) is 11.4 Å². The predicted octanol–water partition coefficient (Wildman–Crippen LogP) is 5.21. The summed E-state index contributed by atoms with van der Waals surface area (Å²) in [6.07, 6.45) is 0.124. The lowest BCUT2D eigenvalue weighted by atomic mass is 10.0. The SMILES string of the molecule is COC(=O)C(Cc1ccc(OCC(C)C)cc1)NC(=O)[C@H](CC(C)C)OCc1ccc(Cl)cc1. The maximum Gasteiger partial charge on any atom is 0.328 e. The average molecular weight is 490 g/mol. The van der Waals surface area contributed by atoms with Crippen LogP contribution in [-0.4, -0.2) is 37.7 Å². The third kappa shape index (κ3) is 9.74. The highest BCUT2D eigenvalue weighted by molar-refractivity contribution is 6.30. The largest absolute Gasteiger partial charge is 0.493 e. The number of carbonyl (C=O) groups excluding carboxylic acids is 2. The Morgan fingerprint density at radius 3 is 2.09 bits per heavy atom. The molecule has 34 heavy (non-hydrogen) atoms. The Labute approximate surface area is 207 Å². The summed E-state index contributed by atoms with van der Waals surface area (Å²) in [4.78, 5) is 25.5. The summed E-state index contributed by atoms with van der Waals surface area (Å²) in [6, 6.07) is 14.0. The van der Waals surface area contributed by atoms with Gasteiger partial charge in [-0.05, 0) is 53.6 Å². The Morgan fingerprint density at radius 1 is 0.912 bits per heavy atom. The van der Waals surface area contributed by atoms with Crippen molar-refractivity contribution in [2.24, 2.45) is 11.8 Å². The molecule has 0 aliphatic rings. The molecular weight excluding hydrogens is 454 g/mol. The molecule has 2 rings (SSSR count). The fourth-order valence-corrected chi connectivity index (χ4v) is 3.40. The fraction of sp³-hybridized carbons (Fsp3) is 0.481. The van der Waals surface area contributed by atoms with Crippen LogP contribution in [0.1, 0.15) is 45.2 Å². The molecule has 0 aromatic heterocycles. The number of hydrogen-bond donors (Lipinski definition) is 1. The van der Waals surface area contributed by atoms with Crippen LogP contribution in [0.3, 0.4) is 0 Å². The summed E-state index contributed by atoms with van der Waals surface area (Å²) >= 11 is 5.94. The van der Waals surface area contributed by atoms with E-state index in [1.165, 1.54) is 7.11 Å². The lowest BCUT2D eigenvalue weighted by molar-refractivity contribution is -0.147. The molecule has 2 atom stereocenters. The Bertz CT molecular complexity index is 896. The summed E-state index contributed by atoms with van der Waals surface area (Å²) in [5.41, 5.74) is 1.80. The van der Waals surface area contributed by atoms with E-state index in [0.29, 0.717) is 30.4 Å². The van der Waals surface area contributed by atoms with Crippen molar-refractivity contribution in [3.8, 4) is 5.75 Å². The molecule has 0 spiro atoms. The van der Waals surface area contributed by atoms with Crippen LogP contribution in [0.4, 0.5) is 0 Å². The summed E-state index contributed by atoms with van der Waals surface area (Å²) in [6.45, 7) is 9.11. The van der Waals surface area contributed by atoms with Gasteiger partial charge in [0.2, 0.25) is 5.91 Å². The van der Waals surface area contributed by atoms with E-state index in [1.54, 1.807) is 12.1 Å². The molecule has 2 aromatic rings. The normalized spacial score (nSPS) is 12.9. The molecule has 0 aliphatic heterocycles. The zero-order valence-electron chi connectivity index (χ0n) is 20.7. The van der Waals surface area contributed by atoms with Crippen molar-refractivity contribution in [3.63, 3.8) is 0 Å². The van der Waals surface area contributed by atoms with Gasteiger partial charge in [-0.25, -0.2) is 4.79 Å². The van der Waals surface area contributed by atoms with Gasteiger partial charge in [0.15, 0.2) is 0 Å². The topological polar surface area (TPSA) is 73.9 Å². The lowest BCUT2D eigenvalue weighted by Crippen LogP contribution is -2.48. The molecule has 1 unspecified atom stereocenters. The van der Waals surface area contributed by atoms with Crippen molar-refractivity contribution in [2.75, 3.05) is 13.7 Å². The summed E-state index contributed by atoms with van der Waals surface area (Å²) in [5.74, 6) is 0.586. The van der Waals surface area contributed by atoms with Crippen molar-refractivity contribution in [3.05, 3.63) is 64.7 Å². The number of hydrogen-bond acceptors (Lipinski definition) is 5. The molecular formula is C27H36ClNO5. The number of methoxy groups -OCH3 is 1. The van der Waals surface area contributed by atoms with Crippen LogP contribution in [0.25, 0.3) is 0 Å². The molecule has 0 radical (unpaired) electrons. The number of ether oxygens (including phenoxy) is 3. The van der Waals surface area contributed by atoms with E-state index >= 15 is 0 Å². The molecule has 0 fully saturated rings. The van der Waals surface area contributed by atoms with Gasteiger partial charge in [-0.15, -0.1) is 0 Å². The number of nitrogens with one attached hydrogen (secondary N) is 1. The van der Waals surface area contributed by atoms with Crippen molar-refractivity contribution in [1.29, 1.82) is 0 Å². The van der Waals surface area contributed by atoms with E-state index in [0.717, 1.165) is 16.9 Å². The van der Waals surface area contributed by atoms with Gasteiger partial charge in [0.05, 0.1) is 20.3 Å². The number of halogens is 1. The summed E-state index contributed by atoms with van der Waals surface area (Å²) in [5, 5.41) is 3.47. The first-order valence-electron chi connectivity index (χ1n) is 11.6. The van der Waals surface area contributed by atoms with Gasteiger partial charge in [-0.3, -0.25) is 4.79 Å². The van der Waals surface area contributed by atoms with Crippen molar-refractivity contribution >= 4 is 23.5 Å². The number of benzene rings is 2. The molecule has 0 saturated carbocycles. The molecule has 6 nitrogen and oxygen atoms in total. The first kappa shape index (κ1) is 27.7. The highest BCUT2D eigenvalue weighted by Gasteiger charge is 2.27. The molecule has 2 aromatic carbocycles. The molecule has 186 valence electrons. The van der Waals surface area contributed by atoms with E-state index in [-0.39, 0.29) is 18.4 Å². The van der Waals surface area contributed by atoms with Gasteiger partial charge in [-0.1, -0.05) is 63.6 Å². The molecule has 0 saturated heterocycles. The molecule has 0 aliphatic carbocycles. The van der Waals surface area contributed by atoms with E-state index in [4.69, 9.17) is 25.8 Å². The maximum atomic E-state index is 13.1. The third-order valence-corrected chi connectivity index (χ3v) is 5.34. The second kappa shape index (κ2) is 14.0. The lowest BCUT2D eigenvalue weighted by Gasteiger charge is -2.23. The van der Waals surface area contributed by atoms with Crippen LogP contribution in [0.5, 0.6) is 5.75 Å². The van der Waals surface area contributed by atoms with E-state index < -0.39 is 18.1 Å². The van der Waals surface area contributed by atoms with Gasteiger partial charge in [0.1, 0.15) is 17.9 Å². The standard InChI is InChI=1S/C27H36ClNO5/c1-18(2)14-25(34-17-21-6-10-22(28)11-7-21)26(30)29-24(27(31)32-5)15-20-8-12-23(13-9-20)33-16-19(3)4/h6-13,18-19,24-25H,14-17H2,1-5H3,(H,29,30)/t24?,25-/m0/s1. The Kier molecular flexibility index (Phi) is 11.4. The second-order valence-corrected chi connectivity index (χ2v) is 9.63. The van der Waals surface area contributed by atoms with Gasteiger partial charge in [-0.2, -0.15) is 0 Å². The molecule has 1 amide bonds. The van der Waals surface area contributed by atoms with Crippen LogP contribution in [0.2, 0.25) is 5.02 Å². The molecule has 7 heteroatoms. The second-order valence-electron chi connectivity index (χ2n) is 9.19. The minimum absolute atomic E-state index is 0.232. The highest BCUT2D eigenvalue weighted by Crippen LogP contribution is 2.17. The van der Waals surface area contributed by atoms with Crippen LogP contribution in [0, 0.1) is 11.8 Å². The van der Waals surface area contributed by atoms with Crippen LogP contribution in [-0.2, 0) is 32.1 Å². The van der Waals surface area contributed by atoms with E-state index in [2.05, 4.69) is 19.2 Å².